The summed E-state index contributed by atoms with van der Waals surface area (Å²) in [5.74, 6) is 0.786. The minimum absolute atomic E-state index is 0.0845. The molecule has 0 aliphatic carbocycles. The summed E-state index contributed by atoms with van der Waals surface area (Å²) >= 11 is 6.29. The molecule has 1 aliphatic heterocycles. The maximum absolute atomic E-state index is 13.4. The number of carbonyl (C=O) groups is 1. The molecule has 5 rings (SSSR count). The number of rotatable bonds is 4. The van der Waals surface area contributed by atoms with Gasteiger partial charge in [-0.25, -0.2) is 4.79 Å². The monoisotopic (exact) mass is 459 g/mol. The van der Waals surface area contributed by atoms with E-state index >= 15 is 0 Å². The second-order valence-electron chi connectivity index (χ2n) is 8.47. The van der Waals surface area contributed by atoms with Crippen molar-refractivity contribution in [1.82, 2.24) is 15.2 Å². The van der Waals surface area contributed by atoms with Crippen LogP contribution in [0.25, 0.3) is 10.9 Å². The Morgan fingerprint density at radius 1 is 1.12 bits per heavy atom. The van der Waals surface area contributed by atoms with Gasteiger partial charge >= 0.3 is 6.03 Å². The third kappa shape index (κ3) is 4.16. The summed E-state index contributed by atoms with van der Waals surface area (Å²) in [6.45, 7) is 3.16. The number of nitrogens with one attached hydrogen (secondary N) is 2. The molecule has 5 nitrogen and oxygen atoms in total. The Balaban J connectivity index is 1.50. The van der Waals surface area contributed by atoms with Gasteiger partial charge in [0.05, 0.1) is 13.2 Å². The first-order valence-corrected chi connectivity index (χ1v) is 11.5. The average molecular weight is 460 g/mol. The van der Waals surface area contributed by atoms with Gasteiger partial charge in [-0.15, -0.1) is 0 Å². The summed E-state index contributed by atoms with van der Waals surface area (Å²) in [4.78, 5) is 18.9. The summed E-state index contributed by atoms with van der Waals surface area (Å²) < 4.78 is 5.34. The van der Waals surface area contributed by atoms with Gasteiger partial charge < -0.3 is 19.9 Å². The summed E-state index contributed by atoms with van der Waals surface area (Å²) in [5, 5.41) is 4.94. The zero-order valence-electron chi connectivity index (χ0n) is 18.7. The zero-order valence-corrected chi connectivity index (χ0v) is 19.4. The van der Waals surface area contributed by atoms with Crippen molar-refractivity contribution in [1.29, 1.82) is 0 Å². The van der Waals surface area contributed by atoms with Crippen LogP contribution < -0.4 is 10.1 Å². The van der Waals surface area contributed by atoms with Crippen molar-refractivity contribution >= 4 is 28.5 Å². The number of hydrogen-bond acceptors (Lipinski definition) is 2. The number of nitrogens with zero attached hydrogens (tertiary/aromatic N) is 1. The van der Waals surface area contributed by atoms with Gasteiger partial charge in [0.15, 0.2) is 0 Å². The van der Waals surface area contributed by atoms with Crippen molar-refractivity contribution in [3.8, 4) is 5.75 Å². The minimum atomic E-state index is -0.233. The normalized spacial score (nSPS) is 15.4. The topological polar surface area (TPSA) is 57.4 Å². The molecular formula is C27H26ClN3O2. The molecule has 168 valence electrons. The first kappa shape index (κ1) is 21.4. The first-order valence-electron chi connectivity index (χ1n) is 11.1. The molecule has 0 radical (unpaired) electrons. The van der Waals surface area contributed by atoms with Gasteiger partial charge in [0.2, 0.25) is 0 Å². The molecule has 0 saturated carbocycles. The molecule has 0 saturated heterocycles. The van der Waals surface area contributed by atoms with Crippen molar-refractivity contribution in [2.75, 3.05) is 13.7 Å². The lowest BCUT2D eigenvalue weighted by molar-refractivity contribution is 0.179. The van der Waals surface area contributed by atoms with Crippen molar-refractivity contribution in [2.45, 2.75) is 25.9 Å². The molecule has 0 unspecified atom stereocenters. The Hall–Kier alpha value is -3.44. The highest BCUT2D eigenvalue weighted by molar-refractivity contribution is 6.31. The Bertz CT molecular complexity index is 1300. The molecule has 33 heavy (non-hydrogen) atoms. The second-order valence-corrected chi connectivity index (χ2v) is 8.91. The predicted molar refractivity (Wildman–Crippen MR) is 132 cm³/mol. The van der Waals surface area contributed by atoms with Gasteiger partial charge in [0, 0.05) is 34.7 Å². The lowest BCUT2D eigenvalue weighted by Gasteiger charge is -2.36. The van der Waals surface area contributed by atoms with Gasteiger partial charge in [-0.1, -0.05) is 53.6 Å². The fraction of sp³-hybridized carbons (Fsp3) is 0.222. The van der Waals surface area contributed by atoms with E-state index in [-0.39, 0.29) is 12.1 Å². The van der Waals surface area contributed by atoms with E-state index in [1.165, 1.54) is 11.1 Å². The molecule has 0 spiro atoms. The molecule has 6 heteroatoms. The minimum Gasteiger partial charge on any atom is -0.497 e. The molecule has 0 fully saturated rings. The Kier molecular flexibility index (Phi) is 5.73. The summed E-state index contributed by atoms with van der Waals surface area (Å²) in [6, 6.07) is 21.7. The molecule has 2 amide bonds. The lowest BCUT2D eigenvalue weighted by atomic mass is 9.92. The van der Waals surface area contributed by atoms with Crippen LogP contribution in [0.4, 0.5) is 4.79 Å². The van der Waals surface area contributed by atoms with Crippen molar-refractivity contribution in [3.05, 3.63) is 99.7 Å². The van der Waals surface area contributed by atoms with Gasteiger partial charge in [-0.2, -0.15) is 0 Å². The third-order valence-electron chi connectivity index (χ3n) is 6.35. The van der Waals surface area contributed by atoms with Crippen LogP contribution in [-0.4, -0.2) is 29.6 Å². The fourth-order valence-corrected chi connectivity index (χ4v) is 4.77. The molecule has 2 N–H and O–H groups in total. The Morgan fingerprint density at radius 2 is 1.88 bits per heavy atom. The number of aromatic amines is 1. The van der Waals surface area contributed by atoms with E-state index in [9.17, 15) is 4.79 Å². The van der Waals surface area contributed by atoms with Crippen LogP contribution in [0.2, 0.25) is 5.02 Å². The molecule has 4 aromatic rings. The number of amides is 2. The highest BCUT2D eigenvalue weighted by Gasteiger charge is 2.34. The quantitative estimate of drug-likeness (QED) is 0.393. The number of halogens is 1. The van der Waals surface area contributed by atoms with Gasteiger partial charge in [-0.05, 0) is 60.4 Å². The number of urea groups is 1. The highest BCUT2D eigenvalue weighted by Crippen LogP contribution is 2.39. The van der Waals surface area contributed by atoms with E-state index < -0.39 is 0 Å². The number of benzene rings is 3. The van der Waals surface area contributed by atoms with Crippen molar-refractivity contribution in [3.63, 3.8) is 0 Å². The van der Waals surface area contributed by atoms with Gasteiger partial charge in [0.25, 0.3) is 0 Å². The number of carbonyl (C=O) groups excluding carboxylic acids is 1. The van der Waals surface area contributed by atoms with E-state index in [4.69, 9.17) is 16.3 Å². The number of aromatic nitrogens is 1. The van der Waals surface area contributed by atoms with E-state index in [1.54, 1.807) is 7.11 Å². The Labute approximate surface area is 198 Å². The smallest absolute Gasteiger partial charge is 0.318 e. The SMILES string of the molecule is COc1ccc([C@@H]2c3[nH]c4ccc(Cl)cc4c3CCN2C(=O)NCc2ccc(C)cc2)cc1. The first-order chi connectivity index (χ1) is 16.0. The largest absolute Gasteiger partial charge is 0.497 e. The van der Waals surface area contributed by atoms with E-state index in [0.717, 1.165) is 39.9 Å². The number of hydrogen-bond donors (Lipinski definition) is 2. The van der Waals surface area contributed by atoms with E-state index in [1.807, 2.05) is 59.5 Å². The summed E-state index contributed by atoms with van der Waals surface area (Å²) in [6.07, 6.45) is 0.764. The Morgan fingerprint density at radius 3 is 2.61 bits per heavy atom. The maximum Gasteiger partial charge on any atom is 0.318 e. The number of ether oxygens (including phenoxy) is 1. The van der Waals surface area contributed by atoms with E-state index in [2.05, 4.69) is 29.4 Å². The van der Waals surface area contributed by atoms with Crippen molar-refractivity contribution < 1.29 is 9.53 Å². The number of aryl methyl sites for hydroxylation is 1. The van der Waals surface area contributed by atoms with Crippen LogP contribution in [0.3, 0.4) is 0 Å². The molecule has 2 heterocycles. The third-order valence-corrected chi connectivity index (χ3v) is 6.58. The number of methoxy groups -OCH3 is 1. The van der Waals surface area contributed by atoms with Gasteiger partial charge in [-0.3, -0.25) is 0 Å². The standard InChI is InChI=1S/C27H26ClN3O2/c1-17-3-5-18(6-4-17)16-29-27(32)31-14-13-22-23-15-20(28)9-12-24(23)30-25(22)26(31)19-7-10-21(33-2)11-8-19/h3-12,15,26,30H,13-14,16H2,1-2H3,(H,29,32)/t26-/m1/s1. The average Bonchev–Trinajstić information content (AvgIpc) is 3.21. The number of fused-ring (bicyclic) bond motifs is 3. The molecular weight excluding hydrogens is 434 g/mol. The van der Waals surface area contributed by atoms with Crippen LogP contribution >= 0.6 is 11.6 Å². The lowest BCUT2D eigenvalue weighted by Crippen LogP contribution is -2.45. The van der Waals surface area contributed by atoms with Crippen LogP contribution in [-0.2, 0) is 13.0 Å². The summed E-state index contributed by atoms with van der Waals surface area (Å²) in [5.41, 5.74) is 6.59. The predicted octanol–water partition coefficient (Wildman–Crippen LogP) is 6.00. The molecule has 3 aromatic carbocycles. The van der Waals surface area contributed by atoms with Crippen LogP contribution in [0.15, 0.2) is 66.7 Å². The maximum atomic E-state index is 13.4. The second kappa shape index (κ2) is 8.83. The molecule has 1 aliphatic rings. The highest BCUT2D eigenvalue weighted by atomic mass is 35.5. The van der Waals surface area contributed by atoms with E-state index in [0.29, 0.717) is 18.1 Å². The molecule has 0 bridgehead atoms. The molecule has 1 aromatic heterocycles. The number of H-pyrrole nitrogens is 1. The molecule has 1 atom stereocenters. The van der Waals surface area contributed by atoms with Crippen LogP contribution in [0.5, 0.6) is 5.75 Å². The van der Waals surface area contributed by atoms with Crippen LogP contribution in [0.1, 0.15) is 34.0 Å². The van der Waals surface area contributed by atoms with Gasteiger partial charge in [0.1, 0.15) is 5.75 Å². The van der Waals surface area contributed by atoms with Crippen LogP contribution in [0, 0.1) is 6.92 Å². The fourth-order valence-electron chi connectivity index (χ4n) is 4.60. The summed E-state index contributed by atoms with van der Waals surface area (Å²) in [7, 11) is 1.65. The van der Waals surface area contributed by atoms with Crippen molar-refractivity contribution in [2.24, 2.45) is 0 Å². The zero-order chi connectivity index (χ0) is 22.9.